The van der Waals surface area contributed by atoms with Crippen molar-refractivity contribution in [3.8, 4) is 0 Å². The summed E-state index contributed by atoms with van der Waals surface area (Å²) in [6, 6.07) is 0. The molecule has 1 atom stereocenters. The smallest absolute Gasteiger partial charge is 0.158 e. The summed E-state index contributed by atoms with van der Waals surface area (Å²) in [6.45, 7) is 4.13. The van der Waals surface area contributed by atoms with Gasteiger partial charge in [0.2, 0.25) is 0 Å². The number of allylic oxidation sites excluding steroid dienone is 2. The number of hydrogen-bond donors (Lipinski definition) is 0. The second-order valence-corrected chi connectivity index (χ2v) is 3.76. The third-order valence-electron chi connectivity index (χ3n) is 2.64. The number of Topliss-reactive ketones (excluding diaryl/α,β-unsaturated/α-hetero) is 1. The summed E-state index contributed by atoms with van der Waals surface area (Å²) in [5, 5.41) is 0. The molecule has 0 saturated heterocycles. The van der Waals surface area contributed by atoms with Crippen LogP contribution in [-0.4, -0.2) is 5.78 Å². The van der Waals surface area contributed by atoms with Crippen LogP contribution in [0.25, 0.3) is 0 Å². The Morgan fingerprint density at radius 3 is 2.92 bits per heavy atom. The molecule has 1 aliphatic carbocycles. The van der Waals surface area contributed by atoms with Gasteiger partial charge in [-0.05, 0) is 31.3 Å². The molecule has 0 saturated carbocycles. The van der Waals surface area contributed by atoms with Gasteiger partial charge in [-0.3, -0.25) is 4.79 Å². The van der Waals surface area contributed by atoms with Crippen molar-refractivity contribution in [2.75, 3.05) is 0 Å². The van der Waals surface area contributed by atoms with E-state index in [4.69, 9.17) is 0 Å². The number of rotatable bonds is 3. The van der Waals surface area contributed by atoms with Gasteiger partial charge in [0.1, 0.15) is 0 Å². The zero-order valence-corrected chi connectivity index (χ0v) is 8.10. The van der Waals surface area contributed by atoms with E-state index >= 15 is 0 Å². The van der Waals surface area contributed by atoms with Crippen molar-refractivity contribution in [3.63, 3.8) is 0 Å². The summed E-state index contributed by atoms with van der Waals surface area (Å²) in [7, 11) is 0. The van der Waals surface area contributed by atoms with Gasteiger partial charge in [0.05, 0.1) is 0 Å². The van der Waals surface area contributed by atoms with Crippen molar-refractivity contribution in [3.05, 3.63) is 11.6 Å². The minimum Gasteiger partial charge on any atom is -0.295 e. The number of unbranched alkanes of at least 4 members (excludes halogenated alkanes) is 1. The van der Waals surface area contributed by atoms with E-state index < -0.39 is 0 Å². The second kappa shape index (κ2) is 4.44. The molecular formula is C11H18O. The lowest BCUT2D eigenvalue weighted by molar-refractivity contribution is -0.116. The third-order valence-corrected chi connectivity index (χ3v) is 2.64. The number of carbonyl (C=O) groups excluding carboxylic acids is 1. The average molecular weight is 166 g/mol. The van der Waals surface area contributed by atoms with Crippen LogP contribution in [0.1, 0.15) is 46.0 Å². The van der Waals surface area contributed by atoms with E-state index in [1.165, 1.54) is 19.3 Å². The normalized spacial score (nSPS) is 24.0. The Bertz CT molecular complexity index is 191. The van der Waals surface area contributed by atoms with Crippen LogP contribution >= 0.6 is 0 Å². The van der Waals surface area contributed by atoms with Crippen LogP contribution in [-0.2, 0) is 4.79 Å². The summed E-state index contributed by atoms with van der Waals surface area (Å²) in [5.74, 6) is 1.00. The Labute approximate surface area is 74.9 Å². The molecule has 1 unspecified atom stereocenters. The third kappa shape index (κ3) is 2.47. The van der Waals surface area contributed by atoms with Gasteiger partial charge < -0.3 is 0 Å². The maximum Gasteiger partial charge on any atom is 0.158 e. The maximum absolute atomic E-state index is 11.3. The molecule has 68 valence electrons. The van der Waals surface area contributed by atoms with Gasteiger partial charge in [0.15, 0.2) is 5.78 Å². The topological polar surface area (TPSA) is 17.1 Å². The Morgan fingerprint density at radius 2 is 2.33 bits per heavy atom. The lowest BCUT2D eigenvalue weighted by atomic mass is 9.86. The minimum absolute atomic E-state index is 0.363. The van der Waals surface area contributed by atoms with Crippen molar-refractivity contribution in [1.82, 2.24) is 0 Å². The molecule has 12 heavy (non-hydrogen) atoms. The first-order chi connectivity index (χ1) is 5.74. The SMILES string of the molecule is CCCCC1CC=C(C)C(=O)C1. The van der Waals surface area contributed by atoms with Gasteiger partial charge in [-0.15, -0.1) is 0 Å². The Morgan fingerprint density at radius 1 is 1.58 bits per heavy atom. The first kappa shape index (κ1) is 9.50. The highest BCUT2D eigenvalue weighted by molar-refractivity contribution is 5.95. The largest absolute Gasteiger partial charge is 0.295 e. The van der Waals surface area contributed by atoms with Gasteiger partial charge >= 0.3 is 0 Å². The highest BCUT2D eigenvalue weighted by Gasteiger charge is 2.18. The van der Waals surface area contributed by atoms with E-state index in [-0.39, 0.29) is 0 Å². The number of carbonyl (C=O) groups is 1. The van der Waals surface area contributed by atoms with Crippen LogP contribution in [0, 0.1) is 5.92 Å². The summed E-state index contributed by atoms with van der Waals surface area (Å²) in [5.41, 5.74) is 0.975. The molecule has 0 aromatic heterocycles. The van der Waals surface area contributed by atoms with Gasteiger partial charge in [-0.25, -0.2) is 0 Å². The van der Waals surface area contributed by atoms with Crippen LogP contribution in [0.4, 0.5) is 0 Å². The number of hydrogen-bond acceptors (Lipinski definition) is 1. The van der Waals surface area contributed by atoms with E-state index in [1.54, 1.807) is 0 Å². The summed E-state index contributed by atoms with van der Waals surface area (Å²) >= 11 is 0. The Kier molecular flexibility index (Phi) is 3.51. The fraction of sp³-hybridized carbons (Fsp3) is 0.727. The van der Waals surface area contributed by atoms with Gasteiger partial charge in [0.25, 0.3) is 0 Å². The first-order valence-electron chi connectivity index (χ1n) is 4.94. The molecule has 0 amide bonds. The molecule has 0 radical (unpaired) electrons. The number of ketones is 1. The molecule has 0 heterocycles. The first-order valence-corrected chi connectivity index (χ1v) is 4.94. The monoisotopic (exact) mass is 166 g/mol. The molecule has 1 nitrogen and oxygen atoms in total. The van der Waals surface area contributed by atoms with E-state index in [2.05, 4.69) is 13.0 Å². The Hall–Kier alpha value is -0.590. The quantitative estimate of drug-likeness (QED) is 0.629. The minimum atomic E-state index is 0.363. The molecule has 0 fully saturated rings. The van der Waals surface area contributed by atoms with Crippen molar-refractivity contribution >= 4 is 5.78 Å². The fourth-order valence-electron chi connectivity index (χ4n) is 1.68. The molecule has 0 aliphatic heterocycles. The molecule has 0 aromatic carbocycles. The maximum atomic E-state index is 11.3. The molecule has 0 bridgehead atoms. The standard InChI is InChI=1S/C11H18O/c1-3-4-5-10-7-6-9(2)11(12)8-10/h6,10H,3-5,7-8H2,1-2H3. The fourth-order valence-corrected chi connectivity index (χ4v) is 1.68. The highest BCUT2D eigenvalue weighted by atomic mass is 16.1. The van der Waals surface area contributed by atoms with Gasteiger partial charge in [0, 0.05) is 6.42 Å². The van der Waals surface area contributed by atoms with Crippen molar-refractivity contribution < 1.29 is 4.79 Å². The van der Waals surface area contributed by atoms with Crippen molar-refractivity contribution in [2.24, 2.45) is 5.92 Å². The van der Waals surface area contributed by atoms with Crippen LogP contribution in [0.15, 0.2) is 11.6 Å². The molecule has 0 spiro atoms. The molecule has 1 heteroatoms. The van der Waals surface area contributed by atoms with Crippen LogP contribution < -0.4 is 0 Å². The van der Waals surface area contributed by atoms with Crippen LogP contribution in [0.2, 0.25) is 0 Å². The van der Waals surface area contributed by atoms with Gasteiger partial charge in [-0.2, -0.15) is 0 Å². The predicted molar refractivity (Wildman–Crippen MR) is 51.0 cm³/mol. The van der Waals surface area contributed by atoms with E-state index in [0.717, 1.165) is 18.4 Å². The molecule has 0 N–H and O–H groups in total. The molecule has 1 rings (SSSR count). The Balaban J connectivity index is 2.37. The zero-order chi connectivity index (χ0) is 8.97. The molecule has 1 aliphatic rings. The van der Waals surface area contributed by atoms with Crippen molar-refractivity contribution in [1.29, 1.82) is 0 Å². The van der Waals surface area contributed by atoms with E-state index in [9.17, 15) is 4.79 Å². The van der Waals surface area contributed by atoms with Crippen LogP contribution in [0.3, 0.4) is 0 Å². The molecular weight excluding hydrogens is 148 g/mol. The lowest BCUT2D eigenvalue weighted by Crippen LogP contribution is -2.14. The van der Waals surface area contributed by atoms with E-state index in [0.29, 0.717) is 11.7 Å². The van der Waals surface area contributed by atoms with E-state index in [1.807, 2.05) is 6.92 Å². The lowest BCUT2D eigenvalue weighted by Gasteiger charge is -2.18. The zero-order valence-electron chi connectivity index (χ0n) is 8.10. The summed E-state index contributed by atoms with van der Waals surface area (Å²) in [4.78, 5) is 11.3. The molecule has 0 aromatic rings. The van der Waals surface area contributed by atoms with Crippen molar-refractivity contribution in [2.45, 2.75) is 46.0 Å². The second-order valence-electron chi connectivity index (χ2n) is 3.76. The average Bonchev–Trinajstić information content (AvgIpc) is 2.07. The summed E-state index contributed by atoms with van der Waals surface area (Å²) < 4.78 is 0. The predicted octanol–water partition coefficient (Wildman–Crippen LogP) is 3.10. The highest BCUT2D eigenvalue weighted by Crippen LogP contribution is 2.24. The summed E-state index contributed by atoms with van der Waals surface area (Å²) in [6.07, 6.45) is 7.76. The van der Waals surface area contributed by atoms with Gasteiger partial charge in [-0.1, -0.05) is 25.8 Å². The van der Waals surface area contributed by atoms with Crippen LogP contribution in [0.5, 0.6) is 0 Å².